The number of anilines is 2. The molecular weight excluding hydrogens is 286 g/mol. The summed E-state index contributed by atoms with van der Waals surface area (Å²) in [5.41, 5.74) is 5.87. The first kappa shape index (κ1) is 14.6. The summed E-state index contributed by atoms with van der Waals surface area (Å²) in [7, 11) is 3.80. The third-order valence-corrected chi connectivity index (χ3v) is 5.62. The van der Waals surface area contributed by atoms with Gasteiger partial charge in [0.25, 0.3) is 5.91 Å². The van der Waals surface area contributed by atoms with Gasteiger partial charge in [-0.2, -0.15) is 0 Å². The second-order valence-corrected chi connectivity index (χ2v) is 7.11. The van der Waals surface area contributed by atoms with E-state index in [2.05, 4.69) is 15.2 Å². The Kier molecular flexibility index (Phi) is 4.03. The number of rotatable bonds is 3. The predicted octanol–water partition coefficient (Wildman–Crippen LogP) is 1.15. The van der Waals surface area contributed by atoms with Gasteiger partial charge in [-0.15, -0.1) is 0 Å². The van der Waals surface area contributed by atoms with Crippen molar-refractivity contribution in [2.45, 2.75) is 37.8 Å². The molecule has 6 nitrogen and oxygen atoms in total. The maximum atomic E-state index is 12.4. The van der Waals surface area contributed by atoms with Crippen molar-refractivity contribution in [3.8, 4) is 0 Å². The van der Waals surface area contributed by atoms with Gasteiger partial charge in [0, 0.05) is 32.7 Å². The number of carbonyl (C=O) groups excluding carboxylic acids is 1. The van der Waals surface area contributed by atoms with Crippen molar-refractivity contribution in [1.29, 1.82) is 0 Å². The smallest absolute Gasteiger partial charge is 0.265 e. The predicted molar refractivity (Wildman–Crippen MR) is 85.9 cm³/mol. The van der Waals surface area contributed by atoms with Crippen LogP contribution in [0.15, 0.2) is 0 Å². The molecule has 7 heteroatoms. The Morgan fingerprint density at radius 3 is 2.95 bits per heavy atom. The van der Waals surface area contributed by atoms with Gasteiger partial charge in [0.15, 0.2) is 5.13 Å². The van der Waals surface area contributed by atoms with E-state index in [0.29, 0.717) is 16.7 Å². The van der Waals surface area contributed by atoms with Gasteiger partial charge in [0.1, 0.15) is 10.7 Å². The number of hydrogen-bond acceptors (Lipinski definition) is 6. The number of piperidine rings is 1. The summed E-state index contributed by atoms with van der Waals surface area (Å²) in [5.74, 6) is 0.258. The van der Waals surface area contributed by atoms with Crippen LogP contribution in [0.4, 0.5) is 10.9 Å². The molecule has 1 aromatic rings. The molecule has 0 bridgehead atoms. The normalized spacial score (nSPS) is 25.6. The van der Waals surface area contributed by atoms with Gasteiger partial charge in [-0.3, -0.25) is 4.79 Å². The van der Waals surface area contributed by atoms with E-state index in [-0.39, 0.29) is 11.9 Å². The average Bonchev–Trinajstić information content (AvgIpc) is 3.04. The van der Waals surface area contributed by atoms with Gasteiger partial charge in [-0.1, -0.05) is 11.3 Å². The van der Waals surface area contributed by atoms with Crippen LogP contribution in [-0.2, 0) is 0 Å². The Balaban J connectivity index is 1.63. The molecule has 0 aromatic carbocycles. The Morgan fingerprint density at radius 2 is 2.24 bits per heavy atom. The van der Waals surface area contributed by atoms with E-state index in [4.69, 9.17) is 5.73 Å². The molecule has 3 heterocycles. The fourth-order valence-corrected chi connectivity index (χ4v) is 4.09. The number of nitrogens with two attached hydrogens (primary N) is 1. The van der Waals surface area contributed by atoms with Crippen LogP contribution in [0.3, 0.4) is 0 Å². The van der Waals surface area contributed by atoms with Crippen LogP contribution in [0.2, 0.25) is 0 Å². The molecule has 0 aliphatic carbocycles. The van der Waals surface area contributed by atoms with Gasteiger partial charge >= 0.3 is 0 Å². The third kappa shape index (κ3) is 2.98. The summed E-state index contributed by atoms with van der Waals surface area (Å²) in [6.45, 7) is 2.32. The fourth-order valence-electron chi connectivity index (χ4n) is 3.28. The second-order valence-electron chi connectivity index (χ2n) is 6.13. The van der Waals surface area contributed by atoms with E-state index in [1.165, 1.54) is 30.7 Å². The van der Waals surface area contributed by atoms with Crippen LogP contribution in [0.25, 0.3) is 0 Å². The summed E-state index contributed by atoms with van der Waals surface area (Å²) >= 11 is 1.35. The number of carbonyl (C=O) groups is 1. The highest BCUT2D eigenvalue weighted by atomic mass is 32.1. The summed E-state index contributed by atoms with van der Waals surface area (Å²) in [5, 5.41) is 3.91. The molecule has 3 N–H and O–H groups in total. The third-order valence-electron chi connectivity index (χ3n) is 4.39. The lowest BCUT2D eigenvalue weighted by Gasteiger charge is -2.35. The summed E-state index contributed by atoms with van der Waals surface area (Å²) in [4.78, 5) is 21.6. The second kappa shape index (κ2) is 5.81. The molecule has 21 heavy (non-hydrogen) atoms. The molecule has 116 valence electrons. The number of thiazole rings is 1. The van der Waals surface area contributed by atoms with Crippen molar-refractivity contribution in [2.24, 2.45) is 0 Å². The number of fused-ring (bicyclic) bond motifs is 1. The molecular formula is C14H23N5OS. The van der Waals surface area contributed by atoms with Crippen molar-refractivity contribution in [2.75, 3.05) is 37.8 Å². The average molecular weight is 309 g/mol. The van der Waals surface area contributed by atoms with Crippen LogP contribution in [0, 0.1) is 0 Å². The summed E-state index contributed by atoms with van der Waals surface area (Å²) < 4.78 is 0. The topological polar surface area (TPSA) is 74.5 Å². The zero-order chi connectivity index (χ0) is 15.0. The van der Waals surface area contributed by atoms with Crippen molar-refractivity contribution < 1.29 is 4.79 Å². The molecule has 2 saturated heterocycles. The summed E-state index contributed by atoms with van der Waals surface area (Å²) in [6, 6.07) is 0.918. The zero-order valence-corrected chi connectivity index (χ0v) is 13.4. The first-order chi connectivity index (χ1) is 10.0. The molecule has 2 atom stereocenters. The number of nitrogen functional groups attached to an aromatic ring is 1. The lowest BCUT2D eigenvalue weighted by atomic mass is 9.97. The molecule has 3 rings (SSSR count). The first-order valence-corrected chi connectivity index (χ1v) is 8.35. The van der Waals surface area contributed by atoms with Gasteiger partial charge < -0.3 is 20.9 Å². The van der Waals surface area contributed by atoms with Crippen molar-refractivity contribution in [3.05, 3.63) is 4.88 Å². The highest BCUT2D eigenvalue weighted by Crippen LogP contribution is 2.29. The van der Waals surface area contributed by atoms with E-state index < -0.39 is 0 Å². The maximum absolute atomic E-state index is 12.4. The molecule has 2 unspecified atom stereocenters. The molecule has 0 spiro atoms. The minimum atomic E-state index is -0.0745. The van der Waals surface area contributed by atoms with Gasteiger partial charge in [0.05, 0.1) is 0 Å². The SMILES string of the molecule is CN(C)c1nc(N)c(C(=O)NC2CCN3CCCC3C2)s1. The van der Waals surface area contributed by atoms with Crippen LogP contribution >= 0.6 is 11.3 Å². The molecule has 2 fully saturated rings. The monoisotopic (exact) mass is 309 g/mol. The minimum Gasteiger partial charge on any atom is -0.382 e. The Bertz CT molecular complexity index is 529. The lowest BCUT2D eigenvalue weighted by molar-refractivity contribution is 0.0901. The van der Waals surface area contributed by atoms with Crippen molar-refractivity contribution >= 4 is 28.2 Å². The minimum absolute atomic E-state index is 0.0745. The molecule has 1 amide bonds. The quantitative estimate of drug-likeness (QED) is 0.876. The van der Waals surface area contributed by atoms with Crippen LogP contribution in [0.1, 0.15) is 35.4 Å². The highest BCUT2D eigenvalue weighted by molar-refractivity contribution is 7.18. The van der Waals surface area contributed by atoms with E-state index in [1.54, 1.807) is 0 Å². The highest BCUT2D eigenvalue weighted by Gasteiger charge is 2.32. The van der Waals surface area contributed by atoms with Gasteiger partial charge in [0.2, 0.25) is 0 Å². The molecule has 0 saturated carbocycles. The van der Waals surface area contributed by atoms with Crippen molar-refractivity contribution in [3.63, 3.8) is 0 Å². The van der Waals surface area contributed by atoms with E-state index in [1.807, 2.05) is 19.0 Å². The summed E-state index contributed by atoms with van der Waals surface area (Å²) in [6.07, 6.45) is 4.64. The van der Waals surface area contributed by atoms with E-state index in [9.17, 15) is 4.79 Å². The Labute approximate surface area is 129 Å². The Morgan fingerprint density at radius 1 is 1.43 bits per heavy atom. The molecule has 2 aliphatic heterocycles. The number of amides is 1. The van der Waals surface area contributed by atoms with Crippen LogP contribution in [-0.4, -0.2) is 55.1 Å². The van der Waals surface area contributed by atoms with Gasteiger partial charge in [-0.05, 0) is 32.2 Å². The van der Waals surface area contributed by atoms with Crippen molar-refractivity contribution in [1.82, 2.24) is 15.2 Å². The largest absolute Gasteiger partial charge is 0.382 e. The number of aromatic nitrogens is 1. The number of hydrogen-bond donors (Lipinski definition) is 2. The first-order valence-electron chi connectivity index (χ1n) is 7.53. The molecule has 1 aromatic heterocycles. The van der Waals surface area contributed by atoms with Crippen LogP contribution < -0.4 is 16.0 Å². The zero-order valence-electron chi connectivity index (χ0n) is 12.6. The lowest BCUT2D eigenvalue weighted by Crippen LogP contribution is -2.47. The Hall–Kier alpha value is -1.34. The standard InChI is InChI=1S/C14H23N5OS/c1-18(2)14-17-12(15)11(21-14)13(20)16-9-5-7-19-6-3-4-10(19)8-9/h9-10H,3-8,15H2,1-2H3,(H,16,20). The van der Waals surface area contributed by atoms with Crippen LogP contribution in [0.5, 0.6) is 0 Å². The fraction of sp³-hybridized carbons (Fsp3) is 0.714. The van der Waals surface area contributed by atoms with E-state index in [0.717, 1.165) is 24.5 Å². The van der Waals surface area contributed by atoms with E-state index >= 15 is 0 Å². The molecule has 0 radical (unpaired) electrons. The number of nitrogens with zero attached hydrogens (tertiary/aromatic N) is 3. The molecule has 2 aliphatic rings. The number of nitrogens with one attached hydrogen (secondary N) is 1. The van der Waals surface area contributed by atoms with Gasteiger partial charge in [-0.25, -0.2) is 4.98 Å². The maximum Gasteiger partial charge on any atom is 0.265 e.